The first-order valence-corrected chi connectivity index (χ1v) is 13.0. The molecule has 0 radical (unpaired) electrons. The second kappa shape index (κ2) is 9.91. The Balaban J connectivity index is 1.81. The number of rotatable bonds is 8. The molecular formula is C19H22N4O8S2. The predicted octanol–water partition coefficient (Wildman–Crippen LogP) is 2.46. The van der Waals surface area contributed by atoms with Crippen LogP contribution in [0.3, 0.4) is 0 Å². The van der Waals surface area contributed by atoms with Crippen LogP contribution in [0.5, 0.6) is 0 Å². The highest BCUT2D eigenvalue weighted by Crippen LogP contribution is 2.24. The molecule has 0 bridgehead atoms. The third kappa shape index (κ3) is 6.10. The first-order chi connectivity index (χ1) is 15.5. The molecule has 2 atom stereocenters. The van der Waals surface area contributed by atoms with Crippen LogP contribution < -0.4 is 9.44 Å². The van der Waals surface area contributed by atoms with Gasteiger partial charge in [0.25, 0.3) is 11.4 Å². The van der Waals surface area contributed by atoms with E-state index in [1.54, 1.807) is 0 Å². The van der Waals surface area contributed by atoms with Crippen LogP contribution in [0, 0.1) is 20.2 Å². The van der Waals surface area contributed by atoms with Crippen molar-refractivity contribution >= 4 is 31.4 Å². The summed E-state index contributed by atoms with van der Waals surface area (Å²) in [4.78, 5) is 20.0. The highest BCUT2D eigenvalue weighted by atomic mass is 32.2. The van der Waals surface area contributed by atoms with Crippen molar-refractivity contribution in [2.24, 2.45) is 0 Å². The summed E-state index contributed by atoms with van der Waals surface area (Å²) < 4.78 is 56.5. The third-order valence-electron chi connectivity index (χ3n) is 5.34. The number of nitro groups is 2. The maximum Gasteiger partial charge on any atom is 0.269 e. The average molecular weight is 499 g/mol. The first kappa shape index (κ1) is 24.7. The number of hydrogen-bond acceptors (Lipinski definition) is 8. The quantitative estimate of drug-likeness (QED) is 0.316. The van der Waals surface area contributed by atoms with Crippen molar-refractivity contribution in [1.29, 1.82) is 0 Å². The Morgan fingerprint density at radius 1 is 0.636 bits per heavy atom. The van der Waals surface area contributed by atoms with Gasteiger partial charge in [0.05, 0.1) is 19.6 Å². The SMILES string of the molecule is O=[N+]([O-])c1ccc(S(=O)(=O)N[C@H]2CCCCC[C@@H]2NS(=O)(=O)c2ccc([N+](=O)[O-])cc2)cc1. The van der Waals surface area contributed by atoms with E-state index in [-0.39, 0.29) is 21.2 Å². The van der Waals surface area contributed by atoms with E-state index in [4.69, 9.17) is 0 Å². The summed E-state index contributed by atoms with van der Waals surface area (Å²) in [6.07, 6.45) is 2.94. The van der Waals surface area contributed by atoms with Crippen LogP contribution in [-0.4, -0.2) is 38.8 Å². The maximum atomic E-state index is 12.9. The van der Waals surface area contributed by atoms with Crippen LogP contribution in [0.25, 0.3) is 0 Å². The molecular weight excluding hydrogens is 476 g/mol. The molecule has 1 aliphatic carbocycles. The lowest BCUT2D eigenvalue weighted by Crippen LogP contribution is -2.51. The largest absolute Gasteiger partial charge is 0.269 e. The number of hydrogen-bond donors (Lipinski definition) is 2. The Hall–Kier alpha value is -2.94. The second-order valence-corrected chi connectivity index (χ2v) is 11.0. The summed E-state index contributed by atoms with van der Waals surface area (Å²) in [6.45, 7) is 0. The van der Waals surface area contributed by atoms with E-state index < -0.39 is 42.0 Å². The van der Waals surface area contributed by atoms with Crippen molar-refractivity contribution in [3.8, 4) is 0 Å². The Kier molecular flexibility index (Phi) is 7.41. The van der Waals surface area contributed by atoms with E-state index in [0.717, 1.165) is 55.0 Å². The molecule has 178 valence electrons. The number of non-ortho nitro benzene ring substituents is 2. The molecule has 0 spiro atoms. The summed E-state index contributed by atoms with van der Waals surface area (Å²) in [6, 6.07) is 7.29. The molecule has 2 aromatic carbocycles. The van der Waals surface area contributed by atoms with Gasteiger partial charge in [-0.1, -0.05) is 19.3 Å². The number of benzene rings is 2. The van der Waals surface area contributed by atoms with Crippen molar-refractivity contribution < 1.29 is 26.7 Å². The highest BCUT2D eigenvalue weighted by molar-refractivity contribution is 7.90. The summed E-state index contributed by atoms with van der Waals surface area (Å²) in [7, 11) is -8.14. The minimum atomic E-state index is -4.07. The van der Waals surface area contributed by atoms with Crippen LogP contribution in [0.1, 0.15) is 32.1 Å². The van der Waals surface area contributed by atoms with E-state index in [0.29, 0.717) is 25.7 Å². The summed E-state index contributed by atoms with van der Waals surface area (Å²) in [5.74, 6) is 0. The number of nitrogens with zero attached hydrogens (tertiary/aromatic N) is 2. The van der Waals surface area contributed by atoms with Gasteiger partial charge >= 0.3 is 0 Å². The van der Waals surface area contributed by atoms with Crippen LogP contribution in [0.15, 0.2) is 58.3 Å². The molecule has 1 saturated carbocycles. The van der Waals surface area contributed by atoms with Crippen molar-refractivity contribution in [2.45, 2.75) is 54.0 Å². The van der Waals surface area contributed by atoms with Gasteiger partial charge in [-0.05, 0) is 37.1 Å². The van der Waals surface area contributed by atoms with Gasteiger partial charge in [0, 0.05) is 36.3 Å². The molecule has 1 aliphatic rings. The Morgan fingerprint density at radius 2 is 0.970 bits per heavy atom. The van der Waals surface area contributed by atoms with Gasteiger partial charge in [-0.15, -0.1) is 0 Å². The molecule has 33 heavy (non-hydrogen) atoms. The Labute approximate surface area is 190 Å². The van der Waals surface area contributed by atoms with E-state index in [9.17, 15) is 37.1 Å². The zero-order valence-corrected chi connectivity index (χ0v) is 18.9. The minimum Gasteiger partial charge on any atom is -0.258 e. The van der Waals surface area contributed by atoms with Gasteiger partial charge in [-0.25, -0.2) is 26.3 Å². The molecule has 2 aromatic rings. The molecule has 14 heteroatoms. The van der Waals surface area contributed by atoms with Gasteiger partial charge in [0.1, 0.15) is 0 Å². The fourth-order valence-electron chi connectivity index (χ4n) is 3.62. The molecule has 0 saturated heterocycles. The molecule has 12 nitrogen and oxygen atoms in total. The van der Waals surface area contributed by atoms with Crippen molar-refractivity contribution in [1.82, 2.24) is 9.44 Å². The minimum absolute atomic E-state index is 0.172. The van der Waals surface area contributed by atoms with Gasteiger partial charge in [-0.2, -0.15) is 0 Å². The number of nitrogens with one attached hydrogen (secondary N) is 2. The number of nitro benzene ring substituents is 2. The smallest absolute Gasteiger partial charge is 0.258 e. The van der Waals surface area contributed by atoms with E-state index in [1.165, 1.54) is 0 Å². The Bertz CT molecular complexity index is 1130. The second-order valence-electron chi connectivity index (χ2n) is 7.60. The zero-order chi connectivity index (χ0) is 24.2. The van der Waals surface area contributed by atoms with Gasteiger partial charge < -0.3 is 0 Å². The molecule has 0 aliphatic heterocycles. The third-order valence-corrected chi connectivity index (χ3v) is 8.36. The molecule has 0 heterocycles. The van der Waals surface area contributed by atoms with Crippen molar-refractivity contribution in [3.63, 3.8) is 0 Å². The first-order valence-electron chi connectivity index (χ1n) is 10.0. The Morgan fingerprint density at radius 3 is 1.27 bits per heavy atom. The highest BCUT2D eigenvalue weighted by Gasteiger charge is 2.32. The number of sulfonamides is 2. The molecule has 3 rings (SSSR count). The lowest BCUT2D eigenvalue weighted by molar-refractivity contribution is -0.385. The lowest BCUT2D eigenvalue weighted by atomic mass is 10.1. The lowest BCUT2D eigenvalue weighted by Gasteiger charge is -2.27. The molecule has 0 aromatic heterocycles. The molecule has 0 unspecified atom stereocenters. The predicted molar refractivity (Wildman–Crippen MR) is 117 cm³/mol. The maximum absolute atomic E-state index is 12.9. The van der Waals surface area contributed by atoms with E-state index in [1.807, 2.05) is 0 Å². The monoisotopic (exact) mass is 498 g/mol. The molecule has 2 N–H and O–H groups in total. The topological polar surface area (TPSA) is 179 Å². The van der Waals surface area contributed by atoms with E-state index >= 15 is 0 Å². The van der Waals surface area contributed by atoms with Crippen LogP contribution in [0.4, 0.5) is 11.4 Å². The normalized spacial score (nSPS) is 19.5. The molecule has 1 fully saturated rings. The summed E-state index contributed by atoms with van der Waals surface area (Å²) in [5.41, 5.74) is -0.505. The van der Waals surface area contributed by atoms with Crippen LogP contribution >= 0.6 is 0 Å². The van der Waals surface area contributed by atoms with Gasteiger partial charge in [0.15, 0.2) is 0 Å². The van der Waals surface area contributed by atoms with Gasteiger partial charge in [0.2, 0.25) is 20.0 Å². The average Bonchev–Trinajstić information content (AvgIpc) is 2.98. The van der Waals surface area contributed by atoms with Crippen molar-refractivity contribution in [2.75, 3.05) is 0 Å². The van der Waals surface area contributed by atoms with Crippen LogP contribution in [-0.2, 0) is 20.0 Å². The molecule has 0 amide bonds. The standard InChI is InChI=1S/C19H22N4O8S2/c24-22(25)14-6-10-16(11-7-14)32(28,29)20-18-4-2-1-3-5-19(18)21-33(30,31)17-12-8-15(9-13-17)23(26)27/h6-13,18-21H,1-5H2/t18-,19-/m0/s1. The summed E-state index contributed by atoms with van der Waals surface area (Å²) >= 11 is 0. The summed E-state index contributed by atoms with van der Waals surface area (Å²) in [5, 5.41) is 21.6. The van der Waals surface area contributed by atoms with E-state index in [2.05, 4.69) is 9.44 Å². The fourth-order valence-corrected chi connectivity index (χ4v) is 6.24. The van der Waals surface area contributed by atoms with Gasteiger partial charge in [-0.3, -0.25) is 20.2 Å². The van der Waals surface area contributed by atoms with Crippen LogP contribution in [0.2, 0.25) is 0 Å². The zero-order valence-electron chi connectivity index (χ0n) is 17.3. The fraction of sp³-hybridized carbons (Fsp3) is 0.368. The van der Waals surface area contributed by atoms with Crippen molar-refractivity contribution in [3.05, 3.63) is 68.8 Å².